The molecular weight excluding hydrogens is 501 g/mol. The molecule has 1 aliphatic heterocycles. The largest absolute Gasteiger partial charge is 0.493 e. The highest BCUT2D eigenvalue weighted by Gasteiger charge is 2.25. The van der Waals surface area contributed by atoms with E-state index in [1.807, 2.05) is 30.3 Å². The van der Waals surface area contributed by atoms with Crippen LogP contribution in [0.3, 0.4) is 0 Å². The predicted octanol–water partition coefficient (Wildman–Crippen LogP) is 4.42. The Labute approximate surface area is 167 Å². The fourth-order valence-corrected chi connectivity index (χ4v) is 3.05. The Morgan fingerprint density at radius 3 is 2.68 bits per heavy atom. The van der Waals surface area contributed by atoms with Gasteiger partial charge in [0.2, 0.25) is 5.90 Å². The zero-order valence-electron chi connectivity index (χ0n) is 13.4. The third-order valence-electron chi connectivity index (χ3n) is 3.51. The second-order valence-electron chi connectivity index (χ2n) is 5.05. The van der Waals surface area contributed by atoms with Crippen LogP contribution >= 0.6 is 38.5 Å². The number of carbonyl (C=O) groups excluding carboxylic acids is 1. The molecule has 1 aliphatic rings. The number of para-hydroxylation sites is 1. The van der Waals surface area contributed by atoms with E-state index in [1.54, 1.807) is 26.4 Å². The van der Waals surface area contributed by atoms with E-state index in [9.17, 15) is 4.79 Å². The number of hydrogen-bond acceptors (Lipinski definition) is 5. The van der Waals surface area contributed by atoms with Gasteiger partial charge in [-0.1, -0.05) is 12.1 Å². The van der Waals surface area contributed by atoms with Gasteiger partial charge >= 0.3 is 5.97 Å². The summed E-state index contributed by atoms with van der Waals surface area (Å²) in [7, 11) is 3.11. The Kier molecular flexibility index (Phi) is 5.43. The number of rotatable bonds is 4. The minimum atomic E-state index is -0.505. The topological polar surface area (TPSA) is 57.1 Å². The molecule has 0 saturated carbocycles. The second kappa shape index (κ2) is 7.57. The molecule has 0 radical (unpaired) electrons. The van der Waals surface area contributed by atoms with Crippen molar-refractivity contribution in [3.8, 4) is 11.5 Å². The van der Waals surface area contributed by atoms with E-state index in [0.29, 0.717) is 17.1 Å². The van der Waals surface area contributed by atoms with Gasteiger partial charge in [-0.15, -0.1) is 0 Å². The van der Waals surface area contributed by atoms with E-state index in [0.717, 1.165) is 13.6 Å². The molecular formula is C18H13BrINO4. The van der Waals surface area contributed by atoms with Crippen LogP contribution in [0.4, 0.5) is 0 Å². The first-order valence-corrected chi connectivity index (χ1v) is 9.09. The van der Waals surface area contributed by atoms with Crippen LogP contribution in [0.2, 0.25) is 0 Å². The first-order chi connectivity index (χ1) is 12.0. The zero-order chi connectivity index (χ0) is 18.0. The number of cyclic esters (lactones) is 1. The van der Waals surface area contributed by atoms with Gasteiger partial charge in [0.25, 0.3) is 0 Å². The van der Waals surface area contributed by atoms with Gasteiger partial charge in [-0.25, -0.2) is 9.79 Å². The van der Waals surface area contributed by atoms with Crippen molar-refractivity contribution in [2.45, 2.75) is 0 Å². The lowest BCUT2D eigenvalue weighted by Gasteiger charge is -2.09. The Balaban J connectivity index is 2.00. The van der Waals surface area contributed by atoms with Gasteiger partial charge in [-0.2, -0.15) is 0 Å². The van der Waals surface area contributed by atoms with Gasteiger partial charge in [0, 0.05) is 19.2 Å². The maximum Gasteiger partial charge on any atom is 0.363 e. The molecule has 0 fully saturated rings. The molecule has 0 amide bonds. The molecule has 0 unspecified atom stereocenters. The van der Waals surface area contributed by atoms with Crippen LogP contribution in [-0.2, 0) is 9.53 Å². The summed E-state index contributed by atoms with van der Waals surface area (Å²) in [5.74, 6) is 0.879. The summed E-state index contributed by atoms with van der Waals surface area (Å²) in [6.07, 6.45) is 1.62. The lowest BCUT2D eigenvalue weighted by atomic mass is 10.1. The molecule has 7 heteroatoms. The molecule has 2 aromatic rings. The molecule has 128 valence electrons. The maximum absolute atomic E-state index is 12.2. The van der Waals surface area contributed by atoms with Crippen molar-refractivity contribution in [1.82, 2.24) is 0 Å². The van der Waals surface area contributed by atoms with Gasteiger partial charge < -0.3 is 14.2 Å². The molecule has 0 saturated heterocycles. The number of methoxy groups -OCH3 is 2. The Morgan fingerprint density at radius 1 is 1.20 bits per heavy atom. The molecule has 0 spiro atoms. The Bertz CT molecular complexity index is 908. The van der Waals surface area contributed by atoms with Crippen LogP contribution in [0, 0.1) is 3.57 Å². The number of aliphatic imine (C=N–C) groups is 1. The number of benzene rings is 2. The highest BCUT2D eigenvalue weighted by Crippen LogP contribution is 2.33. The smallest absolute Gasteiger partial charge is 0.363 e. The minimum absolute atomic E-state index is 0.205. The quantitative estimate of drug-likeness (QED) is 0.345. The van der Waals surface area contributed by atoms with Gasteiger partial charge in [-0.3, -0.25) is 0 Å². The molecule has 0 aromatic heterocycles. The average Bonchev–Trinajstić information content (AvgIpc) is 2.97. The van der Waals surface area contributed by atoms with Crippen molar-refractivity contribution in [3.63, 3.8) is 0 Å². The third-order valence-corrected chi connectivity index (χ3v) is 5.85. The van der Waals surface area contributed by atoms with Crippen molar-refractivity contribution in [1.29, 1.82) is 0 Å². The van der Waals surface area contributed by atoms with Gasteiger partial charge in [-0.05, 0) is 68.9 Å². The highest BCUT2D eigenvalue weighted by molar-refractivity contribution is 14.1. The summed E-state index contributed by atoms with van der Waals surface area (Å²) in [5.41, 5.74) is 1.61. The summed E-state index contributed by atoms with van der Waals surface area (Å²) >= 11 is 5.67. The van der Waals surface area contributed by atoms with Crippen LogP contribution < -0.4 is 9.47 Å². The molecule has 25 heavy (non-hydrogen) atoms. The first kappa shape index (κ1) is 17.9. The van der Waals surface area contributed by atoms with Crippen molar-refractivity contribution in [2.24, 2.45) is 4.99 Å². The van der Waals surface area contributed by atoms with Crippen molar-refractivity contribution in [2.75, 3.05) is 14.2 Å². The molecule has 0 aliphatic carbocycles. The Morgan fingerprint density at radius 2 is 2.00 bits per heavy atom. The number of ether oxygens (including phenoxy) is 3. The van der Waals surface area contributed by atoms with Crippen molar-refractivity contribution in [3.05, 3.63) is 61.3 Å². The van der Waals surface area contributed by atoms with E-state index in [1.165, 1.54) is 0 Å². The second-order valence-corrected chi connectivity index (χ2v) is 7.06. The van der Waals surface area contributed by atoms with E-state index in [4.69, 9.17) is 14.2 Å². The van der Waals surface area contributed by atoms with Crippen LogP contribution in [0.1, 0.15) is 11.1 Å². The van der Waals surface area contributed by atoms with E-state index in [2.05, 4.69) is 43.5 Å². The van der Waals surface area contributed by atoms with Gasteiger partial charge in [0.05, 0.1) is 14.2 Å². The van der Waals surface area contributed by atoms with E-state index >= 15 is 0 Å². The lowest BCUT2D eigenvalue weighted by Crippen LogP contribution is -2.05. The van der Waals surface area contributed by atoms with Crippen LogP contribution in [-0.4, -0.2) is 26.1 Å². The fraction of sp³-hybridized carbons (Fsp3) is 0.111. The Hall–Kier alpha value is -1.87. The molecule has 2 aromatic carbocycles. The molecule has 0 atom stereocenters. The number of halogens is 2. The molecule has 1 heterocycles. The zero-order valence-corrected chi connectivity index (χ0v) is 17.1. The summed E-state index contributed by atoms with van der Waals surface area (Å²) in [5, 5.41) is 0. The number of nitrogens with zero attached hydrogens (tertiary/aromatic N) is 1. The predicted molar refractivity (Wildman–Crippen MR) is 107 cm³/mol. The molecule has 5 nitrogen and oxygen atoms in total. The monoisotopic (exact) mass is 513 g/mol. The van der Waals surface area contributed by atoms with Crippen LogP contribution in [0.15, 0.2) is 51.6 Å². The van der Waals surface area contributed by atoms with Crippen molar-refractivity contribution < 1.29 is 19.0 Å². The summed E-state index contributed by atoms with van der Waals surface area (Å²) < 4.78 is 17.9. The number of hydrogen-bond donors (Lipinski definition) is 0. The maximum atomic E-state index is 12.2. The molecule has 3 rings (SSSR count). The van der Waals surface area contributed by atoms with E-state index in [-0.39, 0.29) is 11.6 Å². The average molecular weight is 514 g/mol. The highest BCUT2D eigenvalue weighted by atomic mass is 127. The normalized spacial score (nSPS) is 15.1. The van der Waals surface area contributed by atoms with Crippen molar-refractivity contribution >= 4 is 56.5 Å². The lowest BCUT2D eigenvalue weighted by molar-refractivity contribution is -0.129. The number of carbonyl (C=O) groups is 1. The van der Waals surface area contributed by atoms with E-state index < -0.39 is 5.97 Å². The summed E-state index contributed by atoms with van der Waals surface area (Å²) in [4.78, 5) is 16.5. The summed E-state index contributed by atoms with van der Waals surface area (Å²) in [6, 6.07) is 11.1. The van der Waals surface area contributed by atoms with Gasteiger partial charge in [0.15, 0.2) is 17.2 Å². The minimum Gasteiger partial charge on any atom is -0.493 e. The third kappa shape index (κ3) is 3.72. The van der Waals surface area contributed by atoms with Crippen LogP contribution in [0.5, 0.6) is 11.5 Å². The summed E-state index contributed by atoms with van der Waals surface area (Å²) in [6.45, 7) is 0. The number of esters is 1. The first-order valence-electron chi connectivity index (χ1n) is 7.22. The molecule has 0 N–H and O–H groups in total. The van der Waals surface area contributed by atoms with Gasteiger partial charge in [0.1, 0.15) is 0 Å². The standard InChI is InChI=1S/C18H13BrINO4/c1-23-15-5-3-4-10(16(15)24-2)9-14-18(22)25-17(21-14)11-6-7-13(20)12(19)8-11/h3-9H,1-2H3. The fourth-order valence-electron chi connectivity index (χ4n) is 2.33. The SMILES string of the molecule is COc1cccc(C=C2N=C(c3ccc(I)c(Br)c3)OC2=O)c1OC. The van der Waals surface area contributed by atoms with Crippen LogP contribution in [0.25, 0.3) is 6.08 Å². The molecule has 0 bridgehead atoms.